The van der Waals surface area contributed by atoms with E-state index in [1.807, 2.05) is 0 Å². The van der Waals surface area contributed by atoms with Gasteiger partial charge >= 0.3 is 0 Å². The molecule has 0 atom stereocenters. The van der Waals surface area contributed by atoms with Gasteiger partial charge in [-0.15, -0.1) is 0 Å². The van der Waals surface area contributed by atoms with Crippen LogP contribution in [0.3, 0.4) is 0 Å². The van der Waals surface area contributed by atoms with Gasteiger partial charge in [0, 0.05) is 5.56 Å². The zero-order valence-electron chi connectivity index (χ0n) is 6.60. The number of furan rings is 1. The molecule has 1 heterocycles. The van der Waals surface area contributed by atoms with E-state index in [0.717, 1.165) is 12.0 Å². The molecule has 0 aliphatic heterocycles. The molecule has 0 aliphatic rings. The number of rotatable bonds is 2. The van der Waals surface area contributed by atoms with Crippen molar-refractivity contribution in [1.29, 1.82) is 0 Å². The van der Waals surface area contributed by atoms with E-state index in [1.54, 1.807) is 6.07 Å². The van der Waals surface area contributed by atoms with Crippen LogP contribution in [0.15, 0.2) is 15.2 Å². The lowest BCUT2D eigenvalue weighted by molar-refractivity contribution is 0.318. The molecular formula is C8H11BrO2. The summed E-state index contributed by atoms with van der Waals surface area (Å²) in [5, 5.41) is 9.18. The van der Waals surface area contributed by atoms with Crippen LogP contribution < -0.4 is 0 Å². The van der Waals surface area contributed by atoms with Crippen molar-refractivity contribution in [3.8, 4) is 5.95 Å². The monoisotopic (exact) mass is 218 g/mol. The molecule has 0 fully saturated rings. The van der Waals surface area contributed by atoms with E-state index in [9.17, 15) is 5.11 Å². The summed E-state index contributed by atoms with van der Waals surface area (Å²) in [6.45, 7) is 4.20. The van der Waals surface area contributed by atoms with E-state index in [1.165, 1.54) is 0 Å². The van der Waals surface area contributed by atoms with Crippen LogP contribution in [0.25, 0.3) is 0 Å². The Morgan fingerprint density at radius 1 is 1.64 bits per heavy atom. The van der Waals surface area contributed by atoms with Crippen LogP contribution in [0.4, 0.5) is 0 Å². The molecule has 0 radical (unpaired) electrons. The Bertz CT molecular complexity index is 240. The minimum atomic E-state index is 0.0329. The van der Waals surface area contributed by atoms with Crippen LogP contribution >= 0.6 is 15.9 Å². The third-order valence-corrected chi connectivity index (χ3v) is 1.78. The molecule has 1 rings (SSSR count). The van der Waals surface area contributed by atoms with E-state index >= 15 is 0 Å². The highest BCUT2D eigenvalue weighted by Crippen LogP contribution is 2.27. The number of halogens is 1. The molecule has 3 heteroatoms. The fraction of sp³-hybridized carbons (Fsp3) is 0.500. The Hall–Kier alpha value is -0.440. The standard InChI is InChI=1S/C8H11BrO2/c1-5(2)3-6-4-7(9)11-8(6)10/h4-5,10H,3H2,1-2H3. The first-order valence-corrected chi connectivity index (χ1v) is 4.36. The van der Waals surface area contributed by atoms with Crippen LogP contribution in [0.5, 0.6) is 5.95 Å². The van der Waals surface area contributed by atoms with E-state index < -0.39 is 0 Å². The lowest BCUT2D eigenvalue weighted by Crippen LogP contribution is -1.91. The Morgan fingerprint density at radius 3 is 2.64 bits per heavy atom. The molecule has 0 aromatic carbocycles. The summed E-state index contributed by atoms with van der Waals surface area (Å²) in [7, 11) is 0. The smallest absolute Gasteiger partial charge is 0.286 e. The first-order chi connectivity index (χ1) is 5.09. The average molecular weight is 219 g/mol. The molecule has 62 valence electrons. The predicted molar refractivity (Wildman–Crippen MR) is 46.6 cm³/mol. The van der Waals surface area contributed by atoms with Gasteiger partial charge in [-0.3, -0.25) is 0 Å². The zero-order valence-corrected chi connectivity index (χ0v) is 8.18. The highest BCUT2D eigenvalue weighted by Gasteiger charge is 2.09. The molecule has 2 nitrogen and oxygen atoms in total. The Balaban J connectivity index is 2.77. The molecule has 0 bridgehead atoms. The van der Waals surface area contributed by atoms with Gasteiger partial charge in [0.05, 0.1) is 0 Å². The van der Waals surface area contributed by atoms with E-state index in [0.29, 0.717) is 10.6 Å². The highest BCUT2D eigenvalue weighted by atomic mass is 79.9. The molecule has 11 heavy (non-hydrogen) atoms. The van der Waals surface area contributed by atoms with Gasteiger partial charge in [-0.25, -0.2) is 0 Å². The zero-order chi connectivity index (χ0) is 8.43. The summed E-state index contributed by atoms with van der Waals surface area (Å²) < 4.78 is 5.48. The SMILES string of the molecule is CC(C)Cc1cc(Br)oc1O. The van der Waals surface area contributed by atoms with Crippen molar-refractivity contribution in [1.82, 2.24) is 0 Å². The summed E-state index contributed by atoms with van der Waals surface area (Å²) in [4.78, 5) is 0. The number of hydrogen-bond donors (Lipinski definition) is 1. The minimum Gasteiger partial charge on any atom is -0.480 e. The lowest BCUT2D eigenvalue weighted by Gasteiger charge is -1.99. The van der Waals surface area contributed by atoms with Crippen molar-refractivity contribution >= 4 is 15.9 Å². The van der Waals surface area contributed by atoms with Gasteiger partial charge in [-0.1, -0.05) is 13.8 Å². The molecule has 0 unspecified atom stereocenters. The first kappa shape index (κ1) is 8.65. The maximum atomic E-state index is 9.18. The topological polar surface area (TPSA) is 33.4 Å². The van der Waals surface area contributed by atoms with Crippen molar-refractivity contribution < 1.29 is 9.52 Å². The normalized spacial score (nSPS) is 10.9. The molecule has 0 saturated carbocycles. The Kier molecular flexibility index (Phi) is 2.60. The molecular weight excluding hydrogens is 208 g/mol. The summed E-state index contributed by atoms with van der Waals surface area (Å²) in [5.41, 5.74) is 0.867. The molecule has 0 amide bonds. The second kappa shape index (κ2) is 3.30. The van der Waals surface area contributed by atoms with Crippen molar-refractivity contribution in [3.63, 3.8) is 0 Å². The third kappa shape index (κ3) is 2.26. The molecule has 1 aromatic rings. The van der Waals surface area contributed by atoms with Crippen LogP contribution in [0.1, 0.15) is 19.4 Å². The van der Waals surface area contributed by atoms with Gasteiger partial charge in [0.25, 0.3) is 5.95 Å². The second-order valence-electron chi connectivity index (χ2n) is 2.98. The fourth-order valence-electron chi connectivity index (χ4n) is 0.972. The molecule has 0 saturated heterocycles. The second-order valence-corrected chi connectivity index (χ2v) is 3.76. The number of hydrogen-bond acceptors (Lipinski definition) is 2. The van der Waals surface area contributed by atoms with Gasteiger partial charge in [0.1, 0.15) is 0 Å². The van der Waals surface area contributed by atoms with Gasteiger partial charge in [-0.2, -0.15) is 0 Å². The van der Waals surface area contributed by atoms with Crippen LogP contribution in [0.2, 0.25) is 0 Å². The number of aromatic hydroxyl groups is 1. The van der Waals surface area contributed by atoms with Crippen LogP contribution in [-0.2, 0) is 6.42 Å². The van der Waals surface area contributed by atoms with Gasteiger partial charge in [-0.05, 0) is 34.3 Å². The van der Waals surface area contributed by atoms with Crippen LogP contribution in [0, 0.1) is 5.92 Å². The average Bonchev–Trinajstić information content (AvgIpc) is 2.09. The Labute approximate surface area is 74.3 Å². The summed E-state index contributed by atoms with van der Waals surface area (Å²) in [6, 6.07) is 1.80. The van der Waals surface area contributed by atoms with Crippen molar-refractivity contribution in [2.45, 2.75) is 20.3 Å². The van der Waals surface area contributed by atoms with Gasteiger partial charge < -0.3 is 9.52 Å². The third-order valence-electron chi connectivity index (χ3n) is 1.38. The maximum absolute atomic E-state index is 9.18. The van der Waals surface area contributed by atoms with E-state index in [-0.39, 0.29) is 5.95 Å². The molecule has 0 aliphatic carbocycles. The highest BCUT2D eigenvalue weighted by molar-refractivity contribution is 9.10. The summed E-state index contributed by atoms with van der Waals surface area (Å²) in [5.74, 6) is 0.566. The van der Waals surface area contributed by atoms with Crippen LogP contribution in [-0.4, -0.2) is 5.11 Å². The molecule has 1 N–H and O–H groups in total. The summed E-state index contributed by atoms with van der Waals surface area (Å²) >= 11 is 3.15. The Morgan fingerprint density at radius 2 is 2.27 bits per heavy atom. The van der Waals surface area contributed by atoms with Crippen molar-refractivity contribution in [2.24, 2.45) is 5.92 Å². The van der Waals surface area contributed by atoms with Crippen molar-refractivity contribution in [2.75, 3.05) is 0 Å². The predicted octanol–water partition coefficient (Wildman–Crippen LogP) is 2.95. The quantitative estimate of drug-likeness (QED) is 0.829. The lowest BCUT2D eigenvalue weighted by atomic mass is 10.1. The summed E-state index contributed by atoms with van der Waals surface area (Å²) in [6.07, 6.45) is 0.848. The fourth-order valence-corrected chi connectivity index (χ4v) is 1.40. The molecule has 0 spiro atoms. The van der Waals surface area contributed by atoms with Gasteiger partial charge in [0.2, 0.25) is 0 Å². The largest absolute Gasteiger partial charge is 0.480 e. The maximum Gasteiger partial charge on any atom is 0.286 e. The van der Waals surface area contributed by atoms with Gasteiger partial charge in [0.15, 0.2) is 4.67 Å². The first-order valence-electron chi connectivity index (χ1n) is 3.56. The minimum absolute atomic E-state index is 0.0329. The van der Waals surface area contributed by atoms with E-state index in [2.05, 4.69) is 29.8 Å². The van der Waals surface area contributed by atoms with Crippen molar-refractivity contribution in [3.05, 3.63) is 16.3 Å². The molecule has 1 aromatic heterocycles. The van der Waals surface area contributed by atoms with E-state index in [4.69, 9.17) is 4.42 Å².